The number of carbonyl (C=O) groups excluding carboxylic acids is 1. The summed E-state index contributed by atoms with van der Waals surface area (Å²) in [6.45, 7) is 6.21. The molecular weight excluding hydrogens is 244 g/mol. The Labute approximate surface area is 111 Å². The lowest BCUT2D eigenvalue weighted by molar-refractivity contribution is 0.0989. The molecule has 96 valence electrons. The number of carbonyl (C=O) groups is 1. The Balaban J connectivity index is 2.08. The van der Waals surface area contributed by atoms with Crippen molar-refractivity contribution in [1.29, 1.82) is 0 Å². The maximum Gasteiger partial charge on any atom is 0.163 e. The average Bonchev–Trinajstić information content (AvgIpc) is 2.67. The molecule has 2 aromatic rings. The van der Waals surface area contributed by atoms with Crippen molar-refractivity contribution in [2.24, 2.45) is 0 Å². The van der Waals surface area contributed by atoms with Gasteiger partial charge in [-0.25, -0.2) is 4.98 Å². The summed E-state index contributed by atoms with van der Waals surface area (Å²) in [5.74, 6) is 1.97. The number of aromatic amines is 1. The van der Waals surface area contributed by atoms with Crippen LogP contribution in [0.1, 0.15) is 36.5 Å². The van der Waals surface area contributed by atoms with Gasteiger partial charge in [0, 0.05) is 17.7 Å². The number of ketones is 1. The number of hydrogen-bond donors (Lipinski definition) is 1. The van der Waals surface area contributed by atoms with E-state index in [9.17, 15) is 4.79 Å². The number of nitrogens with zero attached hydrogens (tertiary/aromatic N) is 1. The summed E-state index contributed by atoms with van der Waals surface area (Å²) >= 11 is 1.82. The first-order valence-electron chi connectivity index (χ1n) is 6.17. The highest BCUT2D eigenvalue weighted by atomic mass is 32.2. The summed E-state index contributed by atoms with van der Waals surface area (Å²) in [4.78, 5) is 19.5. The van der Waals surface area contributed by atoms with Crippen LogP contribution in [0.15, 0.2) is 18.2 Å². The number of Topliss-reactive ketones (excluding diaryl/α,β-unsaturated/α-hetero) is 1. The topological polar surface area (TPSA) is 45.8 Å². The van der Waals surface area contributed by atoms with Crippen molar-refractivity contribution in [2.75, 3.05) is 5.75 Å². The van der Waals surface area contributed by atoms with Gasteiger partial charge >= 0.3 is 0 Å². The molecule has 3 nitrogen and oxygen atoms in total. The molecule has 0 aliphatic heterocycles. The van der Waals surface area contributed by atoms with Gasteiger partial charge in [0.1, 0.15) is 5.82 Å². The highest BCUT2D eigenvalue weighted by molar-refractivity contribution is 7.99. The van der Waals surface area contributed by atoms with Gasteiger partial charge < -0.3 is 4.98 Å². The van der Waals surface area contributed by atoms with Crippen molar-refractivity contribution >= 4 is 28.6 Å². The van der Waals surface area contributed by atoms with E-state index in [1.54, 1.807) is 0 Å². The number of benzene rings is 1. The summed E-state index contributed by atoms with van der Waals surface area (Å²) in [5, 5.41) is 0.579. The van der Waals surface area contributed by atoms with E-state index < -0.39 is 0 Å². The number of fused-ring (bicyclic) bond motifs is 1. The zero-order valence-corrected chi connectivity index (χ0v) is 11.8. The normalized spacial score (nSPS) is 11.3. The van der Waals surface area contributed by atoms with Crippen LogP contribution in [-0.4, -0.2) is 26.8 Å². The smallest absolute Gasteiger partial charge is 0.163 e. The second-order valence-electron chi connectivity index (χ2n) is 4.65. The fraction of sp³-hybridized carbons (Fsp3) is 0.429. The molecule has 0 unspecified atom stereocenters. The number of hydrogen-bond acceptors (Lipinski definition) is 3. The molecule has 0 bridgehead atoms. The minimum atomic E-state index is 0.206. The van der Waals surface area contributed by atoms with Crippen molar-refractivity contribution in [3.05, 3.63) is 29.6 Å². The molecule has 0 aliphatic rings. The standard InChI is InChI=1S/C14H18N2OS/c1-9(2)18-7-6-14(17)11-4-5-12-13(8-11)16-10(3)15-12/h4-5,8-9H,6-7H2,1-3H3,(H,15,16). The molecule has 1 heterocycles. The number of rotatable bonds is 5. The van der Waals surface area contributed by atoms with Crippen molar-refractivity contribution in [3.63, 3.8) is 0 Å². The molecule has 0 atom stereocenters. The van der Waals surface area contributed by atoms with Crippen LogP contribution in [-0.2, 0) is 0 Å². The maximum atomic E-state index is 12.0. The molecule has 1 aromatic heterocycles. The van der Waals surface area contributed by atoms with Gasteiger partial charge in [-0.2, -0.15) is 11.8 Å². The molecule has 0 amide bonds. The monoisotopic (exact) mass is 262 g/mol. The molecule has 2 rings (SSSR count). The summed E-state index contributed by atoms with van der Waals surface area (Å²) in [6.07, 6.45) is 0.599. The Morgan fingerprint density at radius 2 is 2.22 bits per heavy atom. The zero-order valence-electron chi connectivity index (χ0n) is 11.0. The summed E-state index contributed by atoms with van der Waals surface area (Å²) in [6, 6.07) is 5.67. The third-order valence-electron chi connectivity index (χ3n) is 2.70. The van der Waals surface area contributed by atoms with E-state index in [0.29, 0.717) is 11.7 Å². The third kappa shape index (κ3) is 3.13. The molecule has 18 heavy (non-hydrogen) atoms. The van der Waals surface area contributed by atoms with E-state index in [-0.39, 0.29) is 5.78 Å². The van der Waals surface area contributed by atoms with Crippen LogP contribution >= 0.6 is 11.8 Å². The first-order chi connectivity index (χ1) is 8.56. The van der Waals surface area contributed by atoms with Crippen LogP contribution in [0.4, 0.5) is 0 Å². The molecule has 0 aliphatic carbocycles. The SMILES string of the molecule is Cc1nc2ccc(C(=O)CCSC(C)C)cc2[nH]1. The molecule has 0 spiro atoms. The lowest BCUT2D eigenvalue weighted by Gasteiger charge is -2.04. The minimum absolute atomic E-state index is 0.206. The number of thioether (sulfide) groups is 1. The first kappa shape index (κ1) is 13.1. The van der Waals surface area contributed by atoms with E-state index in [2.05, 4.69) is 23.8 Å². The van der Waals surface area contributed by atoms with Gasteiger partial charge in [-0.3, -0.25) is 4.79 Å². The van der Waals surface area contributed by atoms with Gasteiger partial charge in [-0.15, -0.1) is 0 Å². The Kier molecular flexibility index (Phi) is 4.07. The van der Waals surface area contributed by atoms with Gasteiger partial charge in [0.15, 0.2) is 5.78 Å². The molecular formula is C14H18N2OS. The van der Waals surface area contributed by atoms with Crippen LogP contribution in [0.3, 0.4) is 0 Å². The van der Waals surface area contributed by atoms with Crippen LogP contribution in [0.2, 0.25) is 0 Å². The van der Waals surface area contributed by atoms with Crippen LogP contribution in [0.25, 0.3) is 11.0 Å². The van der Waals surface area contributed by atoms with Gasteiger partial charge in [0.25, 0.3) is 0 Å². The molecule has 4 heteroatoms. The van der Waals surface area contributed by atoms with E-state index in [0.717, 1.165) is 28.2 Å². The van der Waals surface area contributed by atoms with Gasteiger partial charge in [-0.1, -0.05) is 13.8 Å². The zero-order chi connectivity index (χ0) is 13.1. The Bertz CT molecular complexity index is 560. The minimum Gasteiger partial charge on any atom is -0.342 e. The predicted molar refractivity (Wildman–Crippen MR) is 77.4 cm³/mol. The van der Waals surface area contributed by atoms with E-state index in [1.165, 1.54) is 0 Å². The average molecular weight is 262 g/mol. The van der Waals surface area contributed by atoms with Crippen molar-refractivity contribution < 1.29 is 4.79 Å². The Morgan fingerprint density at radius 3 is 2.94 bits per heavy atom. The molecule has 0 saturated carbocycles. The van der Waals surface area contributed by atoms with E-state index >= 15 is 0 Å². The van der Waals surface area contributed by atoms with Crippen molar-refractivity contribution in [3.8, 4) is 0 Å². The highest BCUT2D eigenvalue weighted by Gasteiger charge is 2.08. The first-order valence-corrected chi connectivity index (χ1v) is 7.22. The molecule has 0 saturated heterocycles. The number of aromatic nitrogens is 2. The predicted octanol–water partition coefficient (Wildman–Crippen LogP) is 3.59. The molecule has 0 fully saturated rings. The number of aryl methyl sites for hydroxylation is 1. The summed E-state index contributed by atoms with van der Waals surface area (Å²) in [7, 11) is 0. The van der Waals surface area contributed by atoms with E-state index in [1.807, 2.05) is 36.9 Å². The van der Waals surface area contributed by atoms with E-state index in [4.69, 9.17) is 0 Å². The summed E-state index contributed by atoms with van der Waals surface area (Å²) < 4.78 is 0. The number of nitrogens with one attached hydrogen (secondary N) is 1. The summed E-state index contributed by atoms with van der Waals surface area (Å²) in [5.41, 5.74) is 2.63. The molecule has 1 N–H and O–H groups in total. The molecule has 1 aromatic carbocycles. The molecule has 0 radical (unpaired) electrons. The largest absolute Gasteiger partial charge is 0.342 e. The van der Waals surface area contributed by atoms with Crippen molar-refractivity contribution in [2.45, 2.75) is 32.4 Å². The third-order valence-corrected chi connectivity index (χ3v) is 3.81. The van der Waals surface area contributed by atoms with Crippen LogP contribution in [0, 0.1) is 6.92 Å². The maximum absolute atomic E-state index is 12.0. The van der Waals surface area contributed by atoms with Gasteiger partial charge in [0.2, 0.25) is 0 Å². The van der Waals surface area contributed by atoms with Crippen molar-refractivity contribution in [1.82, 2.24) is 9.97 Å². The van der Waals surface area contributed by atoms with Gasteiger partial charge in [0.05, 0.1) is 11.0 Å². The fourth-order valence-electron chi connectivity index (χ4n) is 1.84. The number of imidazole rings is 1. The van der Waals surface area contributed by atoms with Gasteiger partial charge in [-0.05, 0) is 30.4 Å². The van der Waals surface area contributed by atoms with Crippen LogP contribution in [0.5, 0.6) is 0 Å². The second kappa shape index (κ2) is 5.57. The second-order valence-corrected chi connectivity index (χ2v) is 6.33. The Morgan fingerprint density at radius 1 is 1.44 bits per heavy atom. The highest BCUT2D eigenvalue weighted by Crippen LogP contribution is 2.17. The Hall–Kier alpha value is -1.29. The fourth-order valence-corrected chi connectivity index (χ4v) is 2.62. The van der Waals surface area contributed by atoms with Crippen LogP contribution < -0.4 is 0 Å². The quantitative estimate of drug-likeness (QED) is 0.838. The lowest BCUT2D eigenvalue weighted by atomic mass is 10.1. The number of H-pyrrole nitrogens is 1. The lowest BCUT2D eigenvalue weighted by Crippen LogP contribution is -2.02.